The van der Waals surface area contributed by atoms with Crippen molar-refractivity contribution in [3.05, 3.63) is 47.8 Å². The van der Waals surface area contributed by atoms with E-state index in [1.165, 1.54) is 11.3 Å². The van der Waals surface area contributed by atoms with Gasteiger partial charge in [-0.2, -0.15) is 5.10 Å². The molecule has 0 unspecified atom stereocenters. The molecule has 0 saturated heterocycles. The van der Waals surface area contributed by atoms with Crippen molar-refractivity contribution in [2.24, 2.45) is 0 Å². The van der Waals surface area contributed by atoms with Crippen molar-refractivity contribution in [1.82, 2.24) is 9.78 Å². The number of benzene rings is 1. The predicted octanol–water partition coefficient (Wildman–Crippen LogP) is 2.82. The van der Waals surface area contributed by atoms with Gasteiger partial charge in [-0.3, -0.25) is 4.68 Å². The van der Waals surface area contributed by atoms with Crippen LogP contribution >= 0.6 is 0 Å². The van der Waals surface area contributed by atoms with Crippen LogP contribution in [0.5, 0.6) is 0 Å². The monoisotopic (exact) mass is 215 g/mol. The van der Waals surface area contributed by atoms with E-state index in [1.54, 1.807) is 0 Å². The van der Waals surface area contributed by atoms with Gasteiger partial charge in [-0.15, -0.1) is 0 Å². The van der Waals surface area contributed by atoms with E-state index in [9.17, 15) is 0 Å². The van der Waals surface area contributed by atoms with E-state index >= 15 is 0 Å². The largest absolute Gasteiger partial charge is 0.379 e. The average molecular weight is 215 g/mol. The van der Waals surface area contributed by atoms with Gasteiger partial charge >= 0.3 is 0 Å². The minimum Gasteiger partial charge on any atom is -0.379 e. The molecule has 1 heterocycles. The molecule has 2 rings (SSSR count). The maximum atomic E-state index is 4.24. The standard InChI is InChI=1S/C13H17N3/c1-3-16-13(7-8-15-16)10-14-12-6-4-5-11(2)9-12/h4-9,14H,3,10H2,1-2H3. The van der Waals surface area contributed by atoms with Crippen molar-refractivity contribution < 1.29 is 0 Å². The lowest BCUT2D eigenvalue weighted by atomic mass is 10.2. The summed E-state index contributed by atoms with van der Waals surface area (Å²) in [4.78, 5) is 0. The lowest BCUT2D eigenvalue weighted by Crippen LogP contribution is -2.07. The van der Waals surface area contributed by atoms with Gasteiger partial charge in [-0.1, -0.05) is 12.1 Å². The van der Waals surface area contributed by atoms with Crippen LogP contribution in [-0.2, 0) is 13.1 Å². The highest BCUT2D eigenvalue weighted by atomic mass is 15.3. The molecule has 0 amide bonds. The summed E-state index contributed by atoms with van der Waals surface area (Å²) in [6.07, 6.45) is 1.84. The summed E-state index contributed by atoms with van der Waals surface area (Å²) in [5, 5.41) is 7.64. The summed E-state index contributed by atoms with van der Waals surface area (Å²) in [7, 11) is 0. The number of hydrogen-bond donors (Lipinski definition) is 1. The minimum atomic E-state index is 0.817. The molecule has 0 saturated carbocycles. The lowest BCUT2D eigenvalue weighted by molar-refractivity contribution is 0.627. The van der Waals surface area contributed by atoms with Gasteiger partial charge in [0.1, 0.15) is 0 Å². The maximum Gasteiger partial charge on any atom is 0.0575 e. The van der Waals surface area contributed by atoms with Crippen molar-refractivity contribution in [1.29, 1.82) is 0 Å². The fraction of sp³-hybridized carbons (Fsp3) is 0.308. The molecule has 0 radical (unpaired) electrons. The fourth-order valence-corrected chi connectivity index (χ4v) is 1.74. The highest BCUT2D eigenvalue weighted by Crippen LogP contribution is 2.11. The zero-order valence-electron chi connectivity index (χ0n) is 9.77. The van der Waals surface area contributed by atoms with Crippen LogP contribution in [0.15, 0.2) is 36.5 Å². The zero-order chi connectivity index (χ0) is 11.4. The molecule has 0 aliphatic carbocycles. The van der Waals surface area contributed by atoms with Gasteiger partial charge in [-0.05, 0) is 37.6 Å². The third kappa shape index (κ3) is 2.42. The molecule has 2 aromatic rings. The van der Waals surface area contributed by atoms with Crippen molar-refractivity contribution in [3.8, 4) is 0 Å². The smallest absolute Gasteiger partial charge is 0.0575 e. The Morgan fingerprint density at radius 3 is 2.94 bits per heavy atom. The van der Waals surface area contributed by atoms with Crippen LogP contribution in [0.1, 0.15) is 18.2 Å². The number of hydrogen-bond acceptors (Lipinski definition) is 2. The number of nitrogens with zero attached hydrogens (tertiary/aromatic N) is 2. The molecule has 16 heavy (non-hydrogen) atoms. The van der Waals surface area contributed by atoms with Crippen LogP contribution in [-0.4, -0.2) is 9.78 Å². The number of aryl methyl sites for hydroxylation is 2. The maximum absolute atomic E-state index is 4.24. The van der Waals surface area contributed by atoms with E-state index < -0.39 is 0 Å². The third-order valence-electron chi connectivity index (χ3n) is 2.60. The molecule has 0 aliphatic rings. The first-order valence-electron chi connectivity index (χ1n) is 5.61. The first-order valence-corrected chi connectivity index (χ1v) is 5.61. The van der Waals surface area contributed by atoms with Crippen LogP contribution in [0.25, 0.3) is 0 Å². The highest BCUT2D eigenvalue weighted by Gasteiger charge is 2.00. The molecule has 1 aromatic heterocycles. The average Bonchev–Trinajstić information content (AvgIpc) is 2.74. The summed E-state index contributed by atoms with van der Waals surface area (Å²) in [5.41, 5.74) is 3.64. The normalized spacial score (nSPS) is 10.4. The van der Waals surface area contributed by atoms with E-state index in [-0.39, 0.29) is 0 Å². The second-order valence-corrected chi connectivity index (χ2v) is 3.86. The van der Waals surface area contributed by atoms with Gasteiger partial charge in [0.25, 0.3) is 0 Å². The molecular weight excluding hydrogens is 198 g/mol. The second-order valence-electron chi connectivity index (χ2n) is 3.86. The zero-order valence-corrected chi connectivity index (χ0v) is 9.77. The molecule has 0 fully saturated rings. The fourth-order valence-electron chi connectivity index (χ4n) is 1.74. The number of nitrogens with one attached hydrogen (secondary N) is 1. The molecule has 0 aliphatic heterocycles. The Morgan fingerprint density at radius 1 is 1.31 bits per heavy atom. The number of aromatic nitrogens is 2. The van der Waals surface area contributed by atoms with E-state index in [4.69, 9.17) is 0 Å². The number of anilines is 1. The Morgan fingerprint density at radius 2 is 2.19 bits per heavy atom. The first-order chi connectivity index (χ1) is 7.79. The molecule has 3 heteroatoms. The van der Waals surface area contributed by atoms with Crippen molar-refractivity contribution in [2.45, 2.75) is 26.9 Å². The van der Waals surface area contributed by atoms with Gasteiger partial charge in [0.05, 0.1) is 12.2 Å². The first kappa shape index (κ1) is 10.7. The summed E-state index contributed by atoms with van der Waals surface area (Å²) < 4.78 is 2.00. The molecule has 1 N–H and O–H groups in total. The predicted molar refractivity (Wildman–Crippen MR) is 66.4 cm³/mol. The van der Waals surface area contributed by atoms with Crippen LogP contribution < -0.4 is 5.32 Å². The summed E-state index contributed by atoms with van der Waals surface area (Å²) in [6.45, 7) is 5.93. The Kier molecular flexibility index (Phi) is 3.25. The summed E-state index contributed by atoms with van der Waals surface area (Å²) in [6, 6.07) is 10.4. The van der Waals surface area contributed by atoms with Gasteiger partial charge in [0, 0.05) is 18.4 Å². The van der Waals surface area contributed by atoms with Crippen molar-refractivity contribution >= 4 is 5.69 Å². The molecule has 84 valence electrons. The topological polar surface area (TPSA) is 29.9 Å². The quantitative estimate of drug-likeness (QED) is 0.850. The Bertz CT molecular complexity index is 460. The van der Waals surface area contributed by atoms with Crippen molar-refractivity contribution in [2.75, 3.05) is 5.32 Å². The van der Waals surface area contributed by atoms with E-state index in [1.807, 2.05) is 16.9 Å². The summed E-state index contributed by atoms with van der Waals surface area (Å²) in [5.74, 6) is 0. The molecule has 1 aromatic carbocycles. The Hall–Kier alpha value is -1.77. The van der Waals surface area contributed by atoms with E-state index in [0.717, 1.165) is 18.8 Å². The Labute approximate surface area is 96.1 Å². The highest BCUT2D eigenvalue weighted by molar-refractivity contribution is 5.45. The van der Waals surface area contributed by atoms with Crippen molar-refractivity contribution in [3.63, 3.8) is 0 Å². The summed E-state index contributed by atoms with van der Waals surface area (Å²) >= 11 is 0. The van der Waals surface area contributed by atoms with Gasteiger partial charge in [0.15, 0.2) is 0 Å². The Balaban J connectivity index is 2.02. The number of rotatable bonds is 4. The third-order valence-corrected chi connectivity index (χ3v) is 2.60. The van der Waals surface area contributed by atoms with Gasteiger partial charge < -0.3 is 5.32 Å². The van der Waals surface area contributed by atoms with Gasteiger partial charge in [-0.25, -0.2) is 0 Å². The molecular formula is C13H17N3. The van der Waals surface area contributed by atoms with Crippen LogP contribution in [0, 0.1) is 6.92 Å². The lowest BCUT2D eigenvalue weighted by Gasteiger charge is -2.08. The van der Waals surface area contributed by atoms with Crippen LogP contribution in [0.3, 0.4) is 0 Å². The van der Waals surface area contributed by atoms with E-state index in [0.29, 0.717) is 0 Å². The molecule has 3 nitrogen and oxygen atoms in total. The van der Waals surface area contributed by atoms with Gasteiger partial charge in [0.2, 0.25) is 0 Å². The second kappa shape index (κ2) is 4.84. The minimum absolute atomic E-state index is 0.817. The molecule has 0 bridgehead atoms. The van der Waals surface area contributed by atoms with Crippen LogP contribution in [0.2, 0.25) is 0 Å². The molecule has 0 spiro atoms. The van der Waals surface area contributed by atoms with E-state index in [2.05, 4.69) is 48.5 Å². The molecule has 0 atom stereocenters. The van der Waals surface area contributed by atoms with Crippen LogP contribution in [0.4, 0.5) is 5.69 Å². The SMILES string of the molecule is CCn1nccc1CNc1cccc(C)c1.